The van der Waals surface area contributed by atoms with E-state index < -0.39 is 12.2 Å². The van der Waals surface area contributed by atoms with E-state index in [9.17, 15) is 18.7 Å². The first kappa shape index (κ1) is 15.7. The molecule has 1 fully saturated rings. The molecule has 1 saturated carbocycles. The molecule has 124 valence electrons. The number of hydrogen-bond acceptors (Lipinski definition) is 3. The van der Waals surface area contributed by atoms with Gasteiger partial charge in [-0.1, -0.05) is 18.9 Å². The van der Waals surface area contributed by atoms with Gasteiger partial charge in [-0.3, -0.25) is 4.79 Å². The number of aromatic nitrogens is 1. The van der Waals surface area contributed by atoms with Crippen molar-refractivity contribution in [2.24, 2.45) is 0 Å². The number of H-pyrrole nitrogens is 1. The number of aliphatic hydroxyl groups is 1. The molecule has 0 bridgehead atoms. The van der Waals surface area contributed by atoms with E-state index in [2.05, 4.69) is 15.0 Å². The number of rotatable bonds is 5. The van der Waals surface area contributed by atoms with Gasteiger partial charge >= 0.3 is 6.61 Å². The molecule has 1 heterocycles. The second-order valence-corrected chi connectivity index (χ2v) is 5.88. The van der Waals surface area contributed by atoms with Gasteiger partial charge in [0.1, 0.15) is 11.4 Å². The highest BCUT2D eigenvalue weighted by Gasteiger charge is 2.35. The molecular weight excluding hydrogens is 306 g/mol. The van der Waals surface area contributed by atoms with Crippen molar-refractivity contribution in [2.75, 3.05) is 6.61 Å². The van der Waals surface area contributed by atoms with Crippen molar-refractivity contribution in [2.45, 2.75) is 37.8 Å². The van der Waals surface area contributed by atoms with E-state index in [1.54, 1.807) is 12.1 Å². The number of alkyl halides is 2. The lowest BCUT2D eigenvalue weighted by molar-refractivity contribution is -0.0487. The zero-order valence-electron chi connectivity index (χ0n) is 12.4. The summed E-state index contributed by atoms with van der Waals surface area (Å²) in [6.45, 7) is -3.04. The highest BCUT2D eigenvalue weighted by atomic mass is 19.3. The number of carbonyl (C=O) groups is 1. The van der Waals surface area contributed by atoms with Crippen LogP contribution in [0, 0.1) is 0 Å². The Labute approximate surface area is 131 Å². The van der Waals surface area contributed by atoms with Crippen molar-refractivity contribution in [1.29, 1.82) is 0 Å². The van der Waals surface area contributed by atoms with Crippen molar-refractivity contribution in [3.8, 4) is 5.75 Å². The lowest BCUT2D eigenvalue weighted by atomic mass is 9.99. The van der Waals surface area contributed by atoms with Gasteiger partial charge in [0.2, 0.25) is 0 Å². The zero-order valence-corrected chi connectivity index (χ0v) is 12.4. The SMILES string of the molecule is O=C(NC1(CO)CCCC1)c1cc2c(OC(F)F)cccc2[nH]1. The minimum Gasteiger partial charge on any atom is -0.434 e. The van der Waals surface area contributed by atoms with E-state index in [1.807, 2.05) is 0 Å². The standard InChI is InChI=1S/C16H18F2N2O3/c17-15(18)23-13-5-3-4-11-10(13)8-12(19-11)14(22)20-16(9-21)6-1-2-7-16/h3-5,8,15,19,21H,1-2,6-7,9H2,(H,20,22). The Hall–Kier alpha value is -2.15. The van der Waals surface area contributed by atoms with Gasteiger partial charge in [-0.05, 0) is 31.0 Å². The summed E-state index contributed by atoms with van der Waals surface area (Å²) in [5, 5.41) is 12.9. The predicted octanol–water partition coefficient (Wildman–Crippen LogP) is 2.80. The Balaban J connectivity index is 1.86. The second kappa shape index (κ2) is 6.16. The monoisotopic (exact) mass is 324 g/mol. The fraction of sp³-hybridized carbons (Fsp3) is 0.438. The van der Waals surface area contributed by atoms with Crippen molar-refractivity contribution in [3.63, 3.8) is 0 Å². The summed E-state index contributed by atoms with van der Waals surface area (Å²) in [7, 11) is 0. The second-order valence-electron chi connectivity index (χ2n) is 5.88. The van der Waals surface area contributed by atoms with Crippen LogP contribution in [0.3, 0.4) is 0 Å². The van der Waals surface area contributed by atoms with Gasteiger partial charge in [0, 0.05) is 10.9 Å². The Kier molecular flexibility index (Phi) is 4.21. The minimum atomic E-state index is -2.93. The van der Waals surface area contributed by atoms with Gasteiger partial charge in [-0.25, -0.2) is 0 Å². The third-order valence-corrected chi connectivity index (χ3v) is 4.33. The lowest BCUT2D eigenvalue weighted by Gasteiger charge is -2.27. The molecule has 0 spiro atoms. The first-order chi connectivity index (χ1) is 11.0. The highest BCUT2D eigenvalue weighted by molar-refractivity contribution is 6.00. The summed E-state index contributed by atoms with van der Waals surface area (Å²) in [5.41, 5.74) is 0.208. The number of carbonyl (C=O) groups excluding carboxylic acids is 1. The molecule has 0 unspecified atom stereocenters. The minimum absolute atomic E-state index is 0.0190. The van der Waals surface area contributed by atoms with E-state index >= 15 is 0 Å². The van der Waals surface area contributed by atoms with Crippen LogP contribution in [0.1, 0.15) is 36.2 Å². The summed E-state index contributed by atoms with van der Waals surface area (Å²) < 4.78 is 29.4. The molecule has 0 saturated heterocycles. The lowest BCUT2D eigenvalue weighted by Crippen LogP contribution is -2.49. The largest absolute Gasteiger partial charge is 0.434 e. The molecule has 0 atom stereocenters. The molecule has 1 aromatic carbocycles. The van der Waals surface area contributed by atoms with Crippen molar-refractivity contribution in [1.82, 2.24) is 10.3 Å². The van der Waals surface area contributed by atoms with Crippen LogP contribution >= 0.6 is 0 Å². The Morgan fingerprint density at radius 2 is 2.13 bits per heavy atom. The van der Waals surface area contributed by atoms with Crippen LogP contribution in [0.5, 0.6) is 5.75 Å². The van der Waals surface area contributed by atoms with Gasteiger partial charge in [0.25, 0.3) is 5.91 Å². The molecular formula is C16H18F2N2O3. The molecule has 1 aliphatic carbocycles. The van der Waals surface area contributed by atoms with Gasteiger partial charge in [-0.2, -0.15) is 8.78 Å². The van der Waals surface area contributed by atoms with Gasteiger partial charge < -0.3 is 20.1 Å². The number of hydrogen-bond donors (Lipinski definition) is 3. The molecule has 0 radical (unpaired) electrons. The number of halogens is 2. The van der Waals surface area contributed by atoms with Gasteiger partial charge in [0.05, 0.1) is 12.1 Å². The van der Waals surface area contributed by atoms with E-state index in [1.165, 1.54) is 12.1 Å². The van der Waals surface area contributed by atoms with E-state index in [-0.39, 0.29) is 24.0 Å². The average Bonchev–Trinajstić information content (AvgIpc) is 3.14. The topological polar surface area (TPSA) is 74.3 Å². The van der Waals surface area contributed by atoms with E-state index in [4.69, 9.17) is 0 Å². The van der Waals surface area contributed by atoms with Gasteiger partial charge in [-0.15, -0.1) is 0 Å². The summed E-state index contributed by atoms with van der Waals surface area (Å²) in [4.78, 5) is 15.3. The van der Waals surface area contributed by atoms with E-state index in [0.29, 0.717) is 10.9 Å². The summed E-state index contributed by atoms with van der Waals surface area (Å²) >= 11 is 0. The first-order valence-corrected chi connectivity index (χ1v) is 7.53. The fourth-order valence-corrected chi connectivity index (χ4v) is 3.13. The van der Waals surface area contributed by atoms with Crippen LogP contribution in [0.2, 0.25) is 0 Å². The molecule has 3 rings (SSSR count). The molecule has 3 N–H and O–H groups in total. The molecule has 0 aliphatic heterocycles. The van der Waals surface area contributed by atoms with Crippen LogP contribution in [-0.4, -0.2) is 34.8 Å². The molecule has 1 aromatic heterocycles. The number of aromatic amines is 1. The Morgan fingerprint density at radius 1 is 1.39 bits per heavy atom. The fourth-order valence-electron chi connectivity index (χ4n) is 3.13. The van der Waals surface area contributed by atoms with Crippen molar-refractivity contribution >= 4 is 16.8 Å². The highest BCUT2D eigenvalue weighted by Crippen LogP contribution is 2.31. The summed E-state index contributed by atoms with van der Waals surface area (Å²) in [6, 6.07) is 6.17. The maximum Gasteiger partial charge on any atom is 0.387 e. The molecule has 1 amide bonds. The van der Waals surface area contributed by atoms with Gasteiger partial charge in [0.15, 0.2) is 0 Å². The quantitative estimate of drug-likeness (QED) is 0.792. The Bertz CT molecular complexity index is 708. The third-order valence-electron chi connectivity index (χ3n) is 4.33. The molecule has 2 aromatic rings. The number of fused-ring (bicyclic) bond motifs is 1. The summed E-state index contributed by atoms with van der Waals surface area (Å²) in [5.74, 6) is -0.342. The number of ether oxygens (including phenoxy) is 1. The smallest absolute Gasteiger partial charge is 0.387 e. The van der Waals surface area contributed by atoms with Crippen LogP contribution in [-0.2, 0) is 0 Å². The Morgan fingerprint density at radius 3 is 2.78 bits per heavy atom. The summed E-state index contributed by atoms with van der Waals surface area (Å²) in [6.07, 6.45) is 3.38. The van der Waals surface area contributed by atoms with Crippen LogP contribution in [0.25, 0.3) is 10.9 Å². The van der Waals surface area contributed by atoms with Crippen molar-refractivity contribution in [3.05, 3.63) is 30.0 Å². The first-order valence-electron chi connectivity index (χ1n) is 7.53. The molecule has 1 aliphatic rings. The molecule has 5 nitrogen and oxygen atoms in total. The number of aliphatic hydroxyl groups excluding tert-OH is 1. The van der Waals surface area contributed by atoms with Crippen LogP contribution < -0.4 is 10.1 Å². The zero-order chi connectivity index (χ0) is 16.4. The maximum absolute atomic E-state index is 12.4. The normalized spacial score (nSPS) is 16.9. The van der Waals surface area contributed by atoms with Crippen molar-refractivity contribution < 1.29 is 23.4 Å². The third kappa shape index (κ3) is 3.14. The number of nitrogens with one attached hydrogen (secondary N) is 2. The maximum atomic E-state index is 12.4. The average molecular weight is 324 g/mol. The van der Waals surface area contributed by atoms with E-state index in [0.717, 1.165) is 25.7 Å². The molecule has 7 heteroatoms. The predicted molar refractivity (Wildman–Crippen MR) is 80.7 cm³/mol. The van der Waals surface area contributed by atoms with Crippen LogP contribution in [0.15, 0.2) is 24.3 Å². The molecule has 23 heavy (non-hydrogen) atoms. The number of amides is 1. The number of benzene rings is 1. The van der Waals surface area contributed by atoms with Crippen LogP contribution in [0.4, 0.5) is 8.78 Å².